The molecule has 0 amide bonds. The van der Waals surface area contributed by atoms with Gasteiger partial charge in [0.1, 0.15) is 11.6 Å². The van der Waals surface area contributed by atoms with Gasteiger partial charge in [-0.3, -0.25) is 9.59 Å². The molecule has 0 saturated heterocycles. The van der Waals surface area contributed by atoms with Crippen molar-refractivity contribution < 1.29 is 9.59 Å². The zero-order valence-electron chi connectivity index (χ0n) is 6.39. The quantitative estimate of drug-likeness (QED) is 0.438. The van der Waals surface area contributed by atoms with E-state index in [9.17, 15) is 9.59 Å². The maximum atomic E-state index is 10.7. The topological polar surface area (TPSA) is 34.1 Å². The lowest BCUT2D eigenvalue weighted by molar-refractivity contribution is -0.125. The van der Waals surface area contributed by atoms with Crippen LogP contribution >= 0.6 is 0 Å². The number of allylic oxidation sites excluding steroid dienone is 2. The molecular weight excluding hydrogens is 128 g/mol. The van der Waals surface area contributed by atoms with E-state index in [-0.39, 0.29) is 18.0 Å². The summed E-state index contributed by atoms with van der Waals surface area (Å²) in [5, 5.41) is 0. The summed E-state index contributed by atoms with van der Waals surface area (Å²) in [6.07, 6.45) is 4.02. The predicted octanol–water partition coefficient (Wildman–Crippen LogP) is 1.50. The lowest BCUT2D eigenvalue weighted by Crippen LogP contribution is -2.02. The molecule has 0 aromatic carbocycles. The van der Waals surface area contributed by atoms with Gasteiger partial charge in [0.05, 0.1) is 6.42 Å². The minimum absolute atomic E-state index is 0.00870. The average molecular weight is 140 g/mol. The molecule has 0 aromatic rings. The zero-order chi connectivity index (χ0) is 7.98. The summed E-state index contributed by atoms with van der Waals surface area (Å²) in [4.78, 5) is 21.1. The molecule has 0 spiro atoms. The Morgan fingerprint density at radius 2 is 2.00 bits per heavy atom. The van der Waals surface area contributed by atoms with Crippen LogP contribution in [0.15, 0.2) is 12.2 Å². The third-order valence-corrected chi connectivity index (χ3v) is 1.03. The van der Waals surface area contributed by atoms with E-state index < -0.39 is 0 Å². The number of carbonyl (C=O) groups excluding carboxylic acids is 2. The number of carbonyl (C=O) groups is 2. The van der Waals surface area contributed by atoms with Gasteiger partial charge in [0, 0.05) is 6.42 Å². The third-order valence-electron chi connectivity index (χ3n) is 1.03. The Labute approximate surface area is 60.9 Å². The normalized spacial score (nSPS) is 10.2. The Balaban J connectivity index is 3.54. The van der Waals surface area contributed by atoms with Crippen LogP contribution in [0.4, 0.5) is 0 Å². The van der Waals surface area contributed by atoms with Crippen molar-refractivity contribution in [2.24, 2.45) is 0 Å². The number of hydrogen-bond acceptors (Lipinski definition) is 2. The average Bonchev–Trinajstić information content (AvgIpc) is 1.82. The van der Waals surface area contributed by atoms with Crippen molar-refractivity contribution >= 4 is 11.6 Å². The molecule has 0 N–H and O–H groups in total. The van der Waals surface area contributed by atoms with E-state index in [1.165, 1.54) is 6.92 Å². The molecule has 10 heavy (non-hydrogen) atoms. The van der Waals surface area contributed by atoms with Gasteiger partial charge in [-0.05, 0) is 13.8 Å². The summed E-state index contributed by atoms with van der Waals surface area (Å²) in [6.45, 7) is 3.27. The van der Waals surface area contributed by atoms with Gasteiger partial charge in [-0.1, -0.05) is 12.2 Å². The van der Waals surface area contributed by atoms with E-state index >= 15 is 0 Å². The first-order valence-corrected chi connectivity index (χ1v) is 3.29. The van der Waals surface area contributed by atoms with Crippen molar-refractivity contribution in [1.29, 1.82) is 0 Å². The molecule has 0 bridgehead atoms. The summed E-state index contributed by atoms with van der Waals surface area (Å²) in [5.74, 6) is -0.0693. The Morgan fingerprint density at radius 1 is 1.40 bits per heavy atom. The Morgan fingerprint density at radius 3 is 2.40 bits per heavy atom. The molecule has 2 heteroatoms. The molecule has 2 nitrogen and oxygen atoms in total. The molecule has 0 aliphatic rings. The van der Waals surface area contributed by atoms with Crippen LogP contribution in [0.3, 0.4) is 0 Å². The van der Waals surface area contributed by atoms with E-state index in [0.717, 1.165) is 0 Å². The second kappa shape index (κ2) is 4.91. The fourth-order valence-electron chi connectivity index (χ4n) is 0.599. The maximum Gasteiger partial charge on any atom is 0.143 e. The minimum atomic E-state index is -0.0606. The largest absolute Gasteiger partial charge is 0.300 e. The van der Waals surface area contributed by atoms with Crippen LogP contribution in [-0.4, -0.2) is 11.6 Å². The molecule has 0 radical (unpaired) electrons. The summed E-state index contributed by atoms with van der Waals surface area (Å²) < 4.78 is 0. The van der Waals surface area contributed by atoms with Gasteiger partial charge < -0.3 is 0 Å². The van der Waals surface area contributed by atoms with E-state index in [4.69, 9.17) is 0 Å². The molecule has 0 atom stereocenters. The lowest BCUT2D eigenvalue weighted by Gasteiger charge is -1.89. The second-order valence-corrected chi connectivity index (χ2v) is 2.19. The van der Waals surface area contributed by atoms with E-state index in [0.29, 0.717) is 6.42 Å². The summed E-state index contributed by atoms with van der Waals surface area (Å²) in [6, 6.07) is 0. The van der Waals surface area contributed by atoms with Crippen molar-refractivity contribution in [3.8, 4) is 0 Å². The summed E-state index contributed by atoms with van der Waals surface area (Å²) in [5.41, 5.74) is 0. The van der Waals surface area contributed by atoms with Gasteiger partial charge in [-0.25, -0.2) is 0 Å². The lowest BCUT2D eigenvalue weighted by atomic mass is 10.1. The highest BCUT2D eigenvalue weighted by molar-refractivity contribution is 5.98. The molecule has 0 rings (SSSR count). The van der Waals surface area contributed by atoms with Gasteiger partial charge >= 0.3 is 0 Å². The molecular formula is C8H12O2. The summed E-state index contributed by atoms with van der Waals surface area (Å²) >= 11 is 0. The number of Topliss-reactive ketones (excluding diaryl/α,β-unsaturated/α-hetero) is 2. The van der Waals surface area contributed by atoms with Crippen molar-refractivity contribution in [3.05, 3.63) is 12.2 Å². The van der Waals surface area contributed by atoms with Crippen molar-refractivity contribution in [3.63, 3.8) is 0 Å². The van der Waals surface area contributed by atoms with Crippen molar-refractivity contribution in [2.45, 2.75) is 26.7 Å². The SMILES string of the molecule is C/C=C/CC(=O)CC(C)=O. The minimum Gasteiger partial charge on any atom is -0.300 e. The fourth-order valence-corrected chi connectivity index (χ4v) is 0.599. The second-order valence-electron chi connectivity index (χ2n) is 2.19. The number of hydrogen-bond donors (Lipinski definition) is 0. The Bertz CT molecular complexity index is 157. The highest BCUT2D eigenvalue weighted by Crippen LogP contribution is 1.91. The molecule has 0 heterocycles. The van der Waals surface area contributed by atoms with Crippen LogP contribution in [0.2, 0.25) is 0 Å². The molecule has 0 saturated carbocycles. The monoisotopic (exact) mass is 140 g/mol. The first-order chi connectivity index (χ1) is 4.66. The van der Waals surface area contributed by atoms with Gasteiger partial charge in [0.15, 0.2) is 0 Å². The maximum absolute atomic E-state index is 10.7. The summed E-state index contributed by atoms with van der Waals surface area (Å²) in [7, 11) is 0. The molecule has 0 aliphatic heterocycles. The highest BCUT2D eigenvalue weighted by atomic mass is 16.1. The first-order valence-electron chi connectivity index (χ1n) is 3.29. The van der Waals surface area contributed by atoms with Crippen LogP contribution in [0, 0.1) is 0 Å². The van der Waals surface area contributed by atoms with Crippen LogP contribution < -0.4 is 0 Å². The fraction of sp³-hybridized carbons (Fsp3) is 0.500. The van der Waals surface area contributed by atoms with E-state index in [1.54, 1.807) is 12.2 Å². The molecule has 56 valence electrons. The van der Waals surface area contributed by atoms with Crippen LogP contribution in [0.5, 0.6) is 0 Å². The number of ketones is 2. The number of rotatable bonds is 4. The molecule has 0 unspecified atom stereocenters. The predicted molar refractivity (Wildman–Crippen MR) is 39.7 cm³/mol. The van der Waals surface area contributed by atoms with Crippen LogP contribution in [0.25, 0.3) is 0 Å². The van der Waals surface area contributed by atoms with Crippen LogP contribution in [0.1, 0.15) is 26.7 Å². The van der Waals surface area contributed by atoms with Gasteiger partial charge in [0.2, 0.25) is 0 Å². The van der Waals surface area contributed by atoms with Gasteiger partial charge in [-0.2, -0.15) is 0 Å². The standard InChI is InChI=1S/C8H12O2/c1-3-4-5-8(10)6-7(2)9/h3-4H,5-6H2,1-2H3/b4-3+. The van der Waals surface area contributed by atoms with Crippen molar-refractivity contribution in [1.82, 2.24) is 0 Å². The van der Waals surface area contributed by atoms with Crippen molar-refractivity contribution in [2.75, 3.05) is 0 Å². The van der Waals surface area contributed by atoms with Gasteiger partial charge in [-0.15, -0.1) is 0 Å². The third kappa shape index (κ3) is 5.22. The Hall–Kier alpha value is -0.920. The molecule has 0 fully saturated rings. The Kier molecular flexibility index (Phi) is 4.46. The smallest absolute Gasteiger partial charge is 0.143 e. The highest BCUT2D eigenvalue weighted by Gasteiger charge is 2.01. The van der Waals surface area contributed by atoms with Crippen LogP contribution in [-0.2, 0) is 9.59 Å². The first kappa shape index (κ1) is 9.08. The zero-order valence-corrected chi connectivity index (χ0v) is 6.39. The van der Waals surface area contributed by atoms with Gasteiger partial charge in [0.25, 0.3) is 0 Å². The molecule has 0 aliphatic carbocycles. The molecule has 0 aromatic heterocycles. The van der Waals surface area contributed by atoms with E-state index in [1.807, 2.05) is 6.92 Å². The van der Waals surface area contributed by atoms with E-state index in [2.05, 4.69) is 0 Å².